The summed E-state index contributed by atoms with van der Waals surface area (Å²) in [6, 6.07) is 9.91. The molecule has 164 valence electrons. The standard InChI is InChI=1S/C21H16Cl3N5O3/c1-9-2-4-14(12(23)6-9)25-19(31)11-8-16(30)27-18-17(11)20(32)29-21(28-18)26-15-5-3-10(22)7-13(15)24/h2-7,11H,8H2,1H3,(H,25,31)(H3,26,27,28,29,30,32). The molecule has 1 aromatic heterocycles. The first-order valence-corrected chi connectivity index (χ1v) is 10.6. The predicted molar refractivity (Wildman–Crippen MR) is 125 cm³/mol. The third kappa shape index (κ3) is 4.57. The number of aryl methyl sites for hydroxylation is 1. The van der Waals surface area contributed by atoms with Gasteiger partial charge >= 0.3 is 0 Å². The van der Waals surface area contributed by atoms with Crippen LogP contribution in [0.25, 0.3) is 0 Å². The van der Waals surface area contributed by atoms with Crippen molar-refractivity contribution in [3.8, 4) is 0 Å². The van der Waals surface area contributed by atoms with E-state index in [4.69, 9.17) is 34.8 Å². The number of aromatic amines is 1. The van der Waals surface area contributed by atoms with Gasteiger partial charge in [0.1, 0.15) is 5.82 Å². The van der Waals surface area contributed by atoms with Gasteiger partial charge in [0, 0.05) is 11.4 Å². The van der Waals surface area contributed by atoms with E-state index in [9.17, 15) is 14.4 Å². The van der Waals surface area contributed by atoms with Gasteiger partial charge in [0.2, 0.25) is 17.8 Å². The summed E-state index contributed by atoms with van der Waals surface area (Å²) in [6.45, 7) is 1.87. The molecule has 0 saturated carbocycles. The molecule has 0 saturated heterocycles. The van der Waals surface area contributed by atoms with E-state index < -0.39 is 23.3 Å². The number of H-pyrrole nitrogens is 1. The molecule has 0 aliphatic carbocycles. The fraction of sp³-hybridized carbons (Fsp3) is 0.143. The van der Waals surface area contributed by atoms with Gasteiger partial charge in [-0.15, -0.1) is 0 Å². The minimum atomic E-state index is -1.04. The second-order valence-electron chi connectivity index (χ2n) is 7.20. The number of carbonyl (C=O) groups excluding carboxylic acids is 2. The Balaban J connectivity index is 1.65. The zero-order valence-electron chi connectivity index (χ0n) is 16.6. The maximum atomic E-state index is 12.9. The molecule has 2 amide bonds. The van der Waals surface area contributed by atoms with Crippen molar-refractivity contribution in [1.82, 2.24) is 9.97 Å². The third-order valence-corrected chi connectivity index (χ3v) is 5.69. The maximum Gasteiger partial charge on any atom is 0.258 e. The van der Waals surface area contributed by atoms with Crippen LogP contribution in [-0.2, 0) is 9.59 Å². The molecule has 0 spiro atoms. The number of nitrogens with one attached hydrogen (secondary N) is 4. The van der Waals surface area contributed by atoms with E-state index in [0.717, 1.165) is 5.56 Å². The largest absolute Gasteiger partial charge is 0.324 e. The fourth-order valence-electron chi connectivity index (χ4n) is 3.31. The van der Waals surface area contributed by atoms with E-state index in [-0.39, 0.29) is 23.8 Å². The number of nitrogens with zero attached hydrogens (tertiary/aromatic N) is 1. The Labute approximate surface area is 197 Å². The van der Waals surface area contributed by atoms with Crippen LogP contribution in [0.3, 0.4) is 0 Å². The highest BCUT2D eigenvalue weighted by Crippen LogP contribution is 2.32. The smallest absolute Gasteiger partial charge is 0.258 e. The Morgan fingerprint density at radius 2 is 1.78 bits per heavy atom. The first kappa shape index (κ1) is 22.1. The van der Waals surface area contributed by atoms with Crippen molar-refractivity contribution in [3.63, 3.8) is 0 Å². The van der Waals surface area contributed by atoms with E-state index in [2.05, 4.69) is 25.9 Å². The van der Waals surface area contributed by atoms with Crippen molar-refractivity contribution < 1.29 is 9.59 Å². The lowest BCUT2D eigenvalue weighted by Crippen LogP contribution is -2.36. The molecule has 2 aromatic carbocycles. The predicted octanol–water partition coefficient (Wildman–Crippen LogP) is 4.85. The second-order valence-corrected chi connectivity index (χ2v) is 8.45. The average Bonchev–Trinajstić information content (AvgIpc) is 2.71. The van der Waals surface area contributed by atoms with E-state index in [1.165, 1.54) is 6.07 Å². The quantitative estimate of drug-likeness (QED) is 0.416. The van der Waals surface area contributed by atoms with Crippen LogP contribution in [0.5, 0.6) is 0 Å². The van der Waals surface area contributed by atoms with Gasteiger partial charge in [-0.05, 0) is 42.8 Å². The molecule has 3 aromatic rings. The Morgan fingerprint density at radius 1 is 1.06 bits per heavy atom. The van der Waals surface area contributed by atoms with Crippen LogP contribution in [0.15, 0.2) is 41.2 Å². The zero-order valence-corrected chi connectivity index (χ0v) is 18.8. The van der Waals surface area contributed by atoms with E-state index in [1.54, 1.807) is 30.3 Å². The lowest BCUT2D eigenvalue weighted by molar-refractivity contribution is -0.123. The number of halogens is 3. The van der Waals surface area contributed by atoms with Gasteiger partial charge in [0.25, 0.3) is 5.56 Å². The number of benzene rings is 2. The molecule has 1 aliphatic heterocycles. The SMILES string of the molecule is Cc1ccc(NC(=O)C2CC(=O)Nc3nc(Nc4ccc(Cl)cc4Cl)[nH]c(=O)c32)c(Cl)c1. The van der Waals surface area contributed by atoms with Gasteiger partial charge in [-0.1, -0.05) is 40.9 Å². The molecule has 4 N–H and O–H groups in total. The van der Waals surface area contributed by atoms with Crippen LogP contribution >= 0.6 is 34.8 Å². The number of anilines is 4. The van der Waals surface area contributed by atoms with Crippen LogP contribution < -0.4 is 21.5 Å². The van der Waals surface area contributed by atoms with Crippen molar-refractivity contribution >= 4 is 69.8 Å². The van der Waals surface area contributed by atoms with Gasteiger partial charge in [-0.3, -0.25) is 19.4 Å². The molecular formula is C21H16Cl3N5O3. The molecule has 2 heterocycles. The lowest BCUT2D eigenvalue weighted by atomic mass is 9.92. The van der Waals surface area contributed by atoms with Crippen LogP contribution in [0.2, 0.25) is 15.1 Å². The average molecular weight is 493 g/mol. The number of amides is 2. The Bertz CT molecular complexity index is 1310. The summed E-state index contributed by atoms with van der Waals surface area (Å²) >= 11 is 18.2. The lowest BCUT2D eigenvalue weighted by Gasteiger charge is -2.24. The van der Waals surface area contributed by atoms with Crippen molar-refractivity contribution in [3.05, 3.63) is 72.9 Å². The highest BCUT2D eigenvalue weighted by atomic mass is 35.5. The van der Waals surface area contributed by atoms with Crippen LogP contribution in [0, 0.1) is 6.92 Å². The van der Waals surface area contributed by atoms with Gasteiger partial charge in [-0.2, -0.15) is 4.98 Å². The molecule has 1 aliphatic rings. The van der Waals surface area contributed by atoms with Gasteiger partial charge in [0.15, 0.2) is 0 Å². The topological polar surface area (TPSA) is 116 Å². The molecule has 8 nitrogen and oxygen atoms in total. The maximum absolute atomic E-state index is 12.9. The van der Waals surface area contributed by atoms with Crippen LogP contribution in [0.1, 0.15) is 23.5 Å². The molecular weight excluding hydrogens is 477 g/mol. The number of fused-ring (bicyclic) bond motifs is 1. The highest BCUT2D eigenvalue weighted by Gasteiger charge is 2.35. The molecule has 1 unspecified atom stereocenters. The summed E-state index contributed by atoms with van der Waals surface area (Å²) in [5, 5.41) is 9.22. The summed E-state index contributed by atoms with van der Waals surface area (Å²) in [5.41, 5.74) is 1.24. The van der Waals surface area contributed by atoms with Crippen LogP contribution in [-0.4, -0.2) is 21.8 Å². The van der Waals surface area contributed by atoms with Crippen molar-refractivity contribution in [2.45, 2.75) is 19.3 Å². The van der Waals surface area contributed by atoms with Crippen molar-refractivity contribution in [1.29, 1.82) is 0 Å². The first-order valence-electron chi connectivity index (χ1n) is 9.44. The fourth-order valence-corrected chi connectivity index (χ4v) is 4.05. The van der Waals surface area contributed by atoms with Gasteiger partial charge in [-0.25, -0.2) is 0 Å². The van der Waals surface area contributed by atoms with Crippen molar-refractivity contribution in [2.75, 3.05) is 16.0 Å². The number of rotatable bonds is 4. The summed E-state index contributed by atoms with van der Waals surface area (Å²) in [6.07, 6.45) is -0.205. The molecule has 0 bridgehead atoms. The third-order valence-electron chi connectivity index (χ3n) is 4.83. The van der Waals surface area contributed by atoms with E-state index in [1.807, 2.05) is 6.92 Å². The highest BCUT2D eigenvalue weighted by molar-refractivity contribution is 6.36. The second kappa shape index (κ2) is 8.82. The number of carbonyl (C=O) groups is 2. The molecule has 0 radical (unpaired) electrons. The Hall–Kier alpha value is -3.07. The Morgan fingerprint density at radius 3 is 2.50 bits per heavy atom. The summed E-state index contributed by atoms with van der Waals surface area (Å²) in [4.78, 5) is 44.9. The first-order chi connectivity index (χ1) is 15.2. The summed E-state index contributed by atoms with van der Waals surface area (Å²) in [5.74, 6) is -1.99. The number of aromatic nitrogens is 2. The minimum Gasteiger partial charge on any atom is -0.324 e. The Kier molecular flexibility index (Phi) is 6.10. The molecule has 0 fully saturated rings. The normalized spacial score (nSPS) is 15.0. The monoisotopic (exact) mass is 491 g/mol. The van der Waals surface area contributed by atoms with Gasteiger partial charge < -0.3 is 16.0 Å². The minimum absolute atomic E-state index is 0.00672. The van der Waals surface area contributed by atoms with Crippen LogP contribution in [0.4, 0.5) is 23.1 Å². The summed E-state index contributed by atoms with van der Waals surface area (Å²) in [7, 11) is 0. The van der Waals surface area contributed by atoms with Gasteiger partial charge in [0.05, 0.1) is 32.9 Å². The summed E-state index contributed by atoms with van der Waals surface area (Å²) < 4.78 is 0. The van der Waals surface area contributed by atoms with Crippen molar-refractivity contribution in [2.24, 2.45) is 0 Å². The van der Waals surface area contributed by atoms with E-state index in [0.29, 0.717) is 26.4 Å². The number of hydrogen-bond donors (Lipinski definition) is 4. The molecule has 1 atom stereocenters. The molecule has 32 heavy (non-hydrogen) atoms. The number of hydrogen-bond acceptors (Lipinski definition) is 5. The zero-order chi connectivity index (χ0) is 23.0. The molecule has 11 heteroatoms. The van der Waals surface area contributed by atoms with E-state index >= 15 is 0 Å². The molecule has 4 rings (SSSR count).